The van der Waals surface area contributed by atoms with Crippen molar-refractivity contribution in [2.24, 2.45) is 0 Å². The van der Waals surface area contributed by atoms with Crippen molar-refractivity contribution in [2.75, 3.05) is 6.54 Å². The van der Waals surface area contributed by atoms with Crippen molar-refractivity contribution in [2.45, 2.75) is 6.42 Å². The Kier molecular flexibility index (Phi) is 3.85. The molecule has 0 spiro atoms. The molecule has 1 aromatic heterocycles. The molecule has 0 bridgehead atoms. The van der Waals surface area contributed by atoms with Gasteiger partial charge in [-0.15, -0.1) is 0 Å². The van der Waals surface area contributed by atoms with Crippen molar-refractivity contribution in [3.05, 3.63) is 29.6 Å². The van der Waals surface area contributed by atoms with Crippen molar-refractivity contribution >= 4 is 15.7 Å². The summed E-state index contributed by atoms with van der Waals surface area (Å²) in [5.41, 5.74) is 1.62. The quantitative estimate of drug-likeness (QED) is 0.553. The van der Waals surface area contributed by atoms with Gasteiger partial charge in [-0.3, -0.25) is 9.78 Å². The number of aldehydes is 1. The minimum Gasteiger partial charge on any atom is -0.300 e. The summed E-state index contributed by atoms with van der Waals surface area (Å²) >= 11 is 0. The zero-order chi connectivity index (χ0) is 8.81. The Morgan fingerprint density at radius 3 is 2.92 bits per heavy atom. The molecule has 1 unspecified atom stereocenters. The molecule has 0 aliphatic carbocycles. The number of rotatable bonds is 4. The first kappa shape index (κ1) is 9.30. The Morgan fingerprint density at radius 1 is 1.58 bits per heavy atom. The fraction of sp³-hybridized carbons (Fsp3) is 0.250. The molecular weight excluding hydrogens is 171 g/mol. The van der Waals surface area contributed by atoms with Crippen molar-refractivity contribution in [1.29, 1.82) is 0 Å². The van der Waals surface area contributed by atoms with E-state index in [9.17, 15) is 4.79 Å². The second kappa shape index (κ2) is 4.96. The maximum Gasteiger partial charge on any atom is 0.151 e. The molecule has 1 heterocycles. The van der Waals surface area contributed by atoms with Gasteiger partial charge in [0.15, 0.2) is 6.29 Å². The third kappa shape index (κ3) is 2.68. The average molecular weight is 182 g/mol. The molecule has 0 aliphatic rings. The van der Waals surface area contributed by atoms with Gasteiger partial charge in [-0.05, 0) is 12.1 Å². The van der Waals surface area contributed by atoms with Gasteiger partial charge in [0.2, 0.25) is 0 Å². The molecule has 1 atom stereocenters. The van der Waals surface area contributed by atoms with Crippen LogP contribution in [0.4, 0.5) is 0 Å². The van der Waals surface area contributed by atoms with Crippen molar-refractivity contribution < 1.29 is 4.79 Å². The lowest BCUT2D eigenvalue weighted by Crippen LogP contribution is -2.05. The molecule has 0 radical (unpaired) electrons. The van der Waals surface area contributed by atoms with E-state index in [-0.39, 0.29) is 0 Å². The van der Waals surface area contributed by atoms with Crippen LogP contribution in [0.2, 0.25) is 0 Å². The number of carbonyl (C=O) groups excluding carboxylic acids is 1. The van der Waals surface area contributed by atoms with Crippen LogP contribution >= 0.6 is 9.39 Å². The molecule has 0 amide bonds. The first-order valence-electron chi connectivity index (χ1n) is 3.70. The second-order valence-corrected chi connectivity index (χ2v) is 2.81. The van der Waals surface area contributed by atoms with Crippen LogP contribution in [0.1, 0.15) is 16.1 Å². The first-order valence-corrected chi connectivity index (χ1v) is 4.28. The van der Waals surface area contributed by atoms with E-state index in [1.54, 1.807) is 12.3 Å². The summed E-state index contributed by atoms with van der Waals surface area (Å²) in [5.74, 6) is 0. The fourth-order valence-corrected chi connectivity index (χ4v) is 0.998. The molecule has 4 heteroatoms. The summed E-state index contributed by atoms with van der Waals surface area (Å²) in [5, 5.41) is 2.95. The second-order valence-electron chi connectivity index (χ2n) is 2.40. The SMILES string of the molecule is O=Cc1ccc(CCNP)nc1. The zero-order valence-corrected chi connectivity index (χ0v) is 7.81. The molecule has 64 valence electrons. The number of nitrogens with one attached hydrogen (secondary N) is 1. The smallest absolute Gasteiger partial charge is 0.151 e. The van der Waals surface area contributed by atoms with Gasteiger partial charge in [0.05, 0.1) is 0 Å². The molecule has 0 aliphatic heterocycles. The molecule has 0 saturated carbocycles. The lowest BCUT2D eigenvalue weighted by molar-refractivity contribution is 0.112. The van der Waals surface area contributed by atoms with Gasteiger partial charge in [-0.1, -0.05) is 9.39 Å². The molecule has 1 rings (SSSR count). The van der Waals surface area contributed by atoms with Gasteiger partial charge in [0, 0.05) is 30.4 Å². The summed E-state index contributed by atoms with van der Waals surface area (Å²) in [6, 6.07) is 3.64. The minimum absolute atomic E-state index is 0.623. The van der Waals surface area contributed by atoms with Gasteiger partial charge >= 0.3 is 0 Å². The number of nitrogens with zero attached hydrogens (tertiary/aromatic N) is 1. The molecule has 1 N–H and O–H groups in total. The van der Waals surface area contributed by atoms with Gasteiger partial charge in [-0.2, -0.15) is 0 Å². The van der Waals surface area contributed by atoms with E-state index < -0.39 is 0 Å². The van der Waals surface area contributed by atoms with Crippen LogP contribution in [0.3, 0.4) is 0 Å². The average Bonchev–Trinajstić information content (AvgIpc) is 2.15. The number of pyridine rings is 1. The molecule has 12 heavy (non-hydrogen) atoms. The van der Waals surface area contributed by atoms with E-state index in [2.05, 4.69) is 19.5 Å². The Labute approximate surface area is 73.8 Å². The van der Waals surface area contributed by atoms with Gasteiger partial charge < -0.3 is 5.09 Å². The normalized spacial score (nSPS) is 9.75. The van der Waals surface area contributed by atoms with Gasteiger partial charge in [0.25, 0.3) is 0 Å². The number of carbonyl (C=O) groups is 1. The topological polar surface area (TPSA) is 42.0 Å². The largest absolute Gasteiger partial charge is 0.300 e. The fourth-order valence-electron chi connectivity index (χ4n) is 0.854. The van der Waals surface area contributed by atoms with E-state index in [4.69, 9.17) is 0 Å². The molecule has 0 fully saturated rings. The van der Waals surface area contributed by atoms with Crippen molar-refractivity contribution in [3.63, 3.8) is 0 Å². The monoisotopic (exact) mass is 182 g/mol. The summed E-state index contributed by atoms with van der Waals surface area (Å²) in [4.78, 5) is 14.4. The highest BCUT2D eigenvalue weighted by atomic mass is 31.0. The zero-order valence-electron chi connectivity index (χ0n) is 6.66. The summed E-state index contributed by atoms with van der Waals surface area (Å²) in [6.45, 7) is 0.873. The molecule has 0 saturated heterocycles. The highest BCUT2D eigenvalue weighted by Gasteiger charge is 1.93. The summed E-state index contributed by atoms with van der Waals surface area (Å²) in [6.07, 6.45) is 3.26. The van der Waals surface area contributed by atoms with Crippen LogP contribution in [0.25, 0.3) is 0 Å². The van der Waals surface area contributed by atoms with Crippen LogP contribution in [0.15, 0.2) is 18.3 Å². The standard InChI is InChI=1S/C8H11N2OP/c11-6-7-1-2-8(9-5-7)3-4-10-12/h1-2,5-6,10H,3-4,12H2. The van der Waals surface area contributed by atoms with Crippen LogP contribution in [0.5, 0.6) is 0 Å². The van der Waals surface area contributed by atoms with Gasteiger partial charge in [0.1, 0.15) is 0 Å². The Hall–Kier alpha value is -0.790. The van der Waals surface area contributed by atoms with Gasteiger partial charge in [-0.25, -0.2) is 0 Å². The number of aromatic nitrogens is 1. The van der Waals surface area contributed by atoms with Crippen LogP contribution in [-0.4, -0.2) is 17.8 Å². The molecule has 0 aromatic carbocycles. The third-order valence-corrected chi connectivity index (χ3v) is 1.80. The Bertz CT molecular complexity index is 248. The molecule has 3 nitrogen and oxygen atoms in total. The Morgan fingerprint density at radius 2 is 2.42 bits per heavy atom. The van der Waals surface area contributed by atoms with Crippen LogP contribution in [0, 0.1) is 0 Å². The maximum absolute atomic E-state index is 10.3. The predicted molar refractivity (Wildman–Crippen MR) is 51.0 cm³/mol. The van der Waals surface area contributed by atoms with E-state index in [0.29, 0.717) is 5.56 Å². The van der Waals surface area contributed by atoms with E-state index >= 15 is 0 Å². The molecular formula is C8H11N2OP. The number of hydrogen-bond donors (Lipinski definition) is 1. The molecule has 1 aromatic rings. The minimum atomic E-state index is 0.623. The number of hydrogen-bond acceptors (Lipinski definition) is 3. The van der Waals surface area contributed by atoms with E-state index in [1.165, 1.54) is 0 Å². The van der Waals surface area contributed by atoms with Crippen molar-refractivity contribution in [3.8, 4) is 0 Å². The predicted octanol–water partition coefficient (Wildman–Crippen LogP) is 0.816. The summed E-state index contributed by atoms with van der Waals surface area (Å²) in [7, 11) is 2.44. The highest BCUT2D eigenvalue weighted by molar-refractivity contribution is 7.13. The van der Waals surface area contributed by atoms with Crippen LogP contribution < -0.4 is 5.09 Å². The third-order valence-electron chi connectivity index (χ3n) is 1.51. The lowest BCUT2D eigenvalue weighted by atomic mass is 10.2. The van der Waals surface area contributed by atoms with E-state index in [0.717, 1.165) is 24.9 Å². The summed E-state index contributed by atoms with van der Waals surface area (Å²) < 4.78 is 0. The Balaban J connectivity index is 2.58. The van der Waals surface area contributed by atoms with E-state index in [1.807, 2.05) is 6.07 Å². The van der Waals surface area contributed by atoms with Crippen molar-refractivity contribution in [1.82, 2.24) is 10.1 Å². The highest BCUT2D eigenvalue weighted by Crippen LogP contribution is 1.98. The van der Waals surface area contributed by atoms with Crippen LogP contribution in [-0.2, 0) is 6.42 Å². The lowest BCUT2D eigenvalue weighted by Gasteiger charge is -1.98. The maximum atomic E-state index is 10.3. The first-order chi connectivity index (χ1) is 5.86.